The van der Waals surface area contributed by atoms with Gasteiger partial charge in [-0.05, 0) is 37.3 Å². The molecule has 0 radical (unpaired) electrons. The van der Waals surface area contributed by atoms with E-state index in [0.717, 1.165) is 5.69 Å². The minimum Gasteiger partial charge on any atom is -0.481 e. The Morgan fingerprint density at radius 1 is 1.10 bits per heavy atom. The maximum atomic E-state index is 12.0. The number of carbonyl (C=O) groups excluding carboxylic acids is 1. The highest BCUT2D eigenvalue weighted by atomic mass is 35.5. The van der Waals surface area contributed by atoms with Crippen molar-refractivity contribution in [3.05, 3.63) is 58.6 Å². The third-order valence-electron chi connectivity index (χ3n) is 2.56. The van der Waals surface area contributed by atoms with E-state index in [1.54, 1.807) is 37.3 Å². The third-order valence-corrected chi connectivity index (χ3v) is 3.00. The fraction of sp³-hybridized carbons (Fsp3) is 0.133. The quantitative estimate of drug-likeness (QED) is 0.909. The molecule has 2 aromatic carbocycles. The molecule has 2 aromatic rings. The highest BCUT2D eigenvalue weighted by molar-refractivity contribution is 6.34. The van der Waals surface area contributed by atoms with E-state index in [0.29, 0.717) is 15.8 Å². The Morgan fingerprint density at radius 2 is 1.70 bits per heavy atom. The molecule has 2 rings (SSSR count). The van der Waals surface area contributed by atoms with Gasteiger partial charge in [0, 0.05) is 15.7 Å². The lowest BCUT2D eigenvalue weighted by atomic mass is 10.3. The van der Waals surface area contributed by atoms with Crippen molar-refractivity contribution in [2.24, 2.45) is 0 Å². The van der Waals surface area contributed by atoms with E-state index >= 15 is 0 Å². The molecule has 0 aliphatic heterocycles. The van der Waals surface area contributed by atoms with E-state index in [1.165, 1.54) is 0 Å². The molecule has 0 fully saturated rings. The van der Waals surface area contributed by atoms with Gasteiger partial charge in [-0.2, -0.15) is 0 Å². The standard InChI is InChI=1S/C15H13Cl2NO2/c1-10(15(19)18-13-5-3-2-4-6-13)20-14-8-11(16)7-12(17)9-14/h2-10H,1H3,(H,18,19)/t10-/m0/s1. The van der Waals surface area contributed by atoms with Crippen molar-refractivity contribution in [3.63, 3.8) is 0 Å². The lowest BCUT2D eigenvalue weighted by Gasteiger charge is -2.15. The monoisotopic (exact) mass is 309 g/mol. The molecule has 0 bridgehead atoms. The molecule has 104 valence electrons. The summed E-state index contributed by atoms with van der Waals surface area (Å²) in [5, 5.41) is 3.68. The number of hydrogen-bond acceptors (Lipinski definition) is 2. The Hall–Kier alpha value is -1.71. The molecule has 1 amide bonds. The molecule has 0 unspecified atom stereocenters. The first kappa shape index (κ1) is 14.7. The number of halogens is 2. The van der Waals surface area contributed by atoms with Gasteiger partial charge < -0.3 is 10.1 Å². The van der Waals surface area contributed by atoms with Gasteiger partial charge in [0.05, 0.1) is 0 Å². The summed E-state index contributed by atoms with van der Waals surface area (Å²) in [7, 11) is 0. The second kappa shape index (κ2) is 6.64. The second-order valence-corrected chi connectivity index (χ2v) is 5.09. The summed E-state index contributed by atoms with van der Waals surface area (Å²) in [5.41, 5.74) is 0.720. The number of ether oxygens (including phenoxy) is 1. The summed E-state index contributed by atoms with van der Waals surface area (Å²) in [4.78, 5) is 12.0. The van der Waals surface area contributed by atoms with Crippen LogP contribution in [0.3, 0.4) is 0 Å². The number of carbonyl (C=O) groups is 1. The molecule has 0 aromatic heterocycles. The molecular formula is C15H13Cl2NO2. The van der Waals surface area contributed by atoms with Crippen LogP contribution in [0, 0.1) is 0 Å². The molecule has 0 heterocycles. The van der Waals surface area contributed by atoms with E-state index < -0.39 is 6.10 Å². The number of rotatable bonds is 4. The van der Waals surface area contributed by atoms with Gasteiger partial charge in [-0.3, -0.25) is 4.79 Å². The molecule has 0 aliphatic rings. The van der Waals surface area contributed by atoms with Crippen LogP contribution in [0.5, 0.6) is 5.75 Å². The molecule has 1 N–H and O–H groups in total. The molecule has 0 aliphatic carbocycles. The van der Waals surface area contributed by atoms with Crippen molar-refractivity contribution in [2.75, 3.05) is 5.32 Å². The number of hydrogen-bond donors (Lipinski definition) is 1. The molecule has 3 nitrogen and oxygen atoms in total. The topological polar surface area (TPSA) is 38.3 Å². The van der Waals surface area contributed by atoms with Crippen molar-refractivity contribution in [3.8, 4) is 5.75 Å². The van der Waals surface area contributed by atoms with Crippen molar-refractivity contribution in [1.82, 2.24) is 0 Å². The first-order chi connectivity index (χ1) is 9.54. The molecular weight excluding hydrogens is 297 g/mol. The zero-order chi connectivity index (χ0) is 14.5. The highest BCUT2D eigenvalue weighted by Crippen LogP contribution is 2.25. The van der Waals surface area contributed by atoms with E-state index in [1.807, 2.05) is 18.2 Å². The maximum absolute atomic E-state index is 12.0. The van der Waals surface area contributed by atoms with Crippen LogP contribution < -0.4 is 10.1 Å². The van der Waals surface area contributed by atoms with Crippen LogP contribution in [-0.2, 0) is 4.79 Å². The number of para-hydroxylation sites is 1. The summed E-state index contributed by atoms with van der Waals surface area (Å²) < 4.78 is 5.53. The molecule has 0 spiro atoms. The van der Waals surface area contributed by atoms with Crippen LogP contribution in [0.1, 0.15) is 6.92 Å². The lowest BCUT2D eigenvalue weighted by molar-refractivity contribution is -0.122. The molecule has 0 saturated carbocycles. The fourth-order valence-electron chi connectivity index (χ4n) is 1.62. The Balaban J connectivity index is 2.00. The zero-order valence-corrected chi connectivity index (χ0v) is 12.3. The van der Waals surface area contributed by atoms with Gasteiger partial charge in [-0.15, -0.1) is 0 Å². The van der Waals surface area contributed by atoms with Crippen LogP contribution >= 0.6 is 23.2 Å². The first-order valence-electron chi connectivity index (χ1n) is 6.03. The highest BCUT2D eigenvalue weighted by Gasteiger charge is 2.15. The summed E-state index contributed by atoms with van der Waals surface area (Å²) in [6.07, 6.45) is -0.662. The van der Waals surface area contributed by atoms with E-state index in [-0.39, 0.29) is 5.91 Å². The van der Waals surface area contributed by atoms with Crippen LogP contribution in [0.2, 0.25) is 10.0 Å². The van der Waals surface area contributed by atoms with E-state index in [2.05, 4.69) is 5.32 Å². The minimum absolute atomic E-state index is 0.243. The maximum Gasteiger partial charge on any atom is 0.265 e. The van der Waals surface area contributed by atoms with Gasteiger partial charge in [0.1, 0.15) is 5.75 Å². The SMILES string of the molecule is C[C@H](Oc1cc(Cl)cc(Cl)c1)C(=O)Nc1ccccc1. The number of nitrogens with one attached hydrogen (secondary N) is 1. The van der Waals surface area contributed by atoms with Gasteiger partial charge in [0.2, 0.25) is 0 Å². The average Bonchev–Trinajstić information content (AvgIpc) is 2.38. The van der Waals surface area contributed by atoms with Gasteiger partial charge in [-0.1, -0.05) is 41.4 Å². The Kier molecular flexibility index (Phi) is 4.88. The normalized spacial score (nSPS) is 11.8. The van der Waals surface area contributed by atoms with Gasteiger partial charge in [0.25, 0.3) is 5.91 Å². The molecule has 0 saturated heterocycles. The van der Waals surface area contributed by atoms with Crippen LogP contribution in [0.15, 0.2) is 48.5 Å². The number of anilines is 1. The fourth-order valence-corrected chi connectivity index (χ4v) is 2.13. The van der Waals surface area contributed by atoms with Crippen molar-refractivity contribution in [2.45, 2.75) is 13.0 Å². The Bertz CT molecular complexity index is 582. The van der Waals surface area contributed by atoms with E-state index in [9.17, 15) is 4.79 Å². The van der Waals surface area contributed by atoms with Gasteiger partial charge in [-0.25, -0.2) is 0 Å². The Labute approximate surface area is 127 Å². The molecule has 1 atom stereocenters. The first-order valence-corrected chi connectivity index (χ1v) is 6.79. The van der Waals surface area contributed by atoms with Crippen LogP contribution in [-0.4, -0.2) is 12.0 Å². The number of amides is 1. The minimum atomic E-state index is -0.662. The smallest absolute Gasteiger partial charge is 0.265 e. The number of benzene rings is 2. The van der Waals surface area contributed by atoms with Crippen molar-refractivity contribution in [1.29, 1.82) is 0 Å². The molecule has 5 heteroatoms. The second-order valence-electron chi connectivity index (χ2n) is 4.22. The Morgan fingerprint density at radius 3 is 2.30 bits per heavy atom. The third kappa shape index (κ3) is 4.15. The summed E-state index contributed by atoms with van der Waals surface area (Å²) in [5.74, 6) is 0.213. The summed E-state index contributed by atoms with van der Waals surface area (Å²) in [6.45, 7) is 1.66. The van der Waals surface area contributed by atoms with Crippen molar-refractivity contribution < 1.29 is 9.53 Å². The predicted molar refractivity (Wildman–Crippen MR) is 81.6 cm³/mol. The van der Waals surface area contributed by atoms with Gasteiger partial charge in [0.15, 0.2) is 6.10 Å². The van der Waals surface area contributed by atoms with Crippen LogP contribution in [0.25, 0.3) is 0 Å². The average molecular weight is 310 g/mol. The summed E-state index contributed by atoms with van der Waals surface area (Å²) >= 11 is 11.8. The summed E-state index contributed by atoms with van der Waals surface area (Å²) in [6, 6.07) is 14.0. The predicted octanol–water partition coefficient (Wildman–Crippen LogP) is 4.40. The zero-order valence-electron chi connectivity index (χ0n) is 10.8. The largest absolute Gasteiger partial charge is 0.481 e. The lowest BCUT2D eigenvalue weighted by Crippen LogP contribution is -2.30. The van der Waals surface area contributed by atoms with Gasteiger partial charge >= 0.3 is 0 Å². The molecule has 20 heavy (non-hydrogen) atoms. The van der Waals surface area contributed by atoms with Crippen molar-refractivity contribution >= 4 is 34.8 Å². The van der Waals surface area contributed by atoms with Crippen LogP contribution in [0.4, 0.5) is 5.69 Å². The van der Waals surface area contributed by atoms with E-state index in [4.69, 9.17) is 27.9 Å².